The molecule has 2 aliphatic heterocycles. The monoisotopic (exact) mass is 915 g/mol. The lowest BCUT2D eigenvalue weighted by molar-refractivity contribution is -0.137. The molecule has 2 aliphatic rings. The summed E-state index contributed by atoms with van der Waals surface area (Å²) < 4.78 is 0. The van der Waals surface area contributed by atoms with Crippen LogP contribution in [-0.2, 0) is 38.4 Å². The summed E-state index contributed by atoms with van der Waals surface area (Å²) in [5, 5.41) is 30.3. The van der Waals surface area contributed by atoms with Crippen molar-refractivity contribution in [3.8, 4) is 0 Å². The van der Waals surface area contributed by atoms with Gasteiger partial charge in [0.15, 0.2) is 5.96 Å². The van der Waals surface area contributed by atoms with Crippen molar-refractivity contribution in [3.05, 3.63) is 0 Å². The lowest BCUT2D eigenvalue weighted by atomic mass is 9.92. The minimum atomic E-state index is -1.26. The average molecular weight is 916 g/mol. The van der Waals surface area contributed by atoms with E-state index in [1.54, 1.807) is 0 Å². The maximum Gasteiger partial charge on any atom is 0.315 e. The molecule has 2 fully saturated rings. The normalized spacial score (nSPS) is 18.3. The van der Waals surface area contributed by atoms with Gasteiger partial charge in [0.2, 0.25) is 47.3 Å². The third-order valence-corrected chi connectivity index (χ3v) is 11.8. The minimum Gasteiger partial charge on any atom is -0.370 e. The van der Waals surface area contributed by atoms with E-state index >= 15 is 0 Å². The number of nitrogens with two attached hydrogens (primary N) is 3. The van der Waals surface area contributed by atoms with Crippen LogP contribution < -0.4 is 65.2 Å². The first kappa shape index (κ1) is 53.1. The molecule has 7 atom stereocenters. The number of rotatable bonds is 30. The number of guanidine groups is 1. The summed E-state index contributed by atoms with van der Waals surface area (Å²) >= 11 is 5.97. The highest BCUT2D eigenvalue weighted by atomic mass is 32.2. The summed E-state index contributed by atoms with van der Waals surface area (Å²) in [5.74, 6) is -5.68. The van der Waals surface area contributed by atoms with Crippen molar-refractivity contribution in [1.82, 2.24) is 48.0 Å². The molecule has 23 nitrogen and oxygen atoms in total. The number of unbranched alkanes of at least 4 members (excludes halogenated alkanes) is 2. The van der Waals surface area contributed by atoms with E-state index in [4.69, 9.17) is 22.4 Å². The smallest absolute Gasteiger partial charge is 0.315 e. The van der Waals surface area contributed by atoms with Crippen LogP contribution in [-0.4, -0.2) is 138 Å². The Labute approximate surface area is 370 Å². The Morgan fingerprint density at radius 1 is 0.790 bits per heavy atom. The van der Waals surface area contributed by atoms with Crippen LogP contribution in [0.15, 0.2) is 4.99 Å². The predicted molar refractivity (Wildman–Crippen MR) is 233 cm³/mol. The van der Waals surface area contributed by atoms with Gasteiger partial charge in [-0.1, -0.05) is 20.3 Å². The highest BCUT2D eigenvalue weighted by Gasteiger charge is 2.42. The molecule has 0 radical (unpaired) electrons. The fraction of sp³-hybridized carbons (Fsp3) is 0.730. The van der Waals surface area contributed by atoms with Crippen LogP contribution in [0.5, 0.6) is 0 Å². The predicted octanol–water partition coefficient (Wildman–Crippen LogP) is -3.29. The molecule has 1 unspecified atom stereocenters. The van der Waals surface area contributed by atoms with Gasteiger partial charge in [0, 0.05) is 48.6 Å². The number of hydrogen-bond donors (Lipinski definition) is 14. The molecule has 0 aromatic carbocycles. The van der Waals surface area contributed by atoms with E-state index < -0.39 is 78.5 Å². The highest BCUT2D eigenvalue weighted by molar-refractivity contribution is 8.00. The molecule has 2 rings (SSSR count). The number of primary amides is 1. The fourth-order valence-corrected chi connectivity index (χ4v) is 8.58. The molecular formula is C37H65N13O10S2. The Bertz CT molecular complexity index is 1590. The summed E-state index contributed by atoms with van der Waals surface area (Å²) in [4.78, 5) is 116. The molecule has 2 saturated heterocycles. The van der Waals surface area contributed by atoms with Crippen LogP contribution in [0.2, 0.25) is 0 Å². The molecule has 0 aromatic heterocycles. The van der Waals surface area contributed by atoms with E-state index in [-0.39, 0.29) is 80.3 Å². The number of aliphatic imine (C=N–C) groups is 1. The van der Waals surface area contributed by atoms with E-state index in [2.05, 4.69) is 60.2 Å². The zero-order chi connectivity index (χ0) is 46.2. The second-order valence-electron chi connectivity index (χ2n) is 15.5. The van der Waals surface area contributed by atoms with Gasteiger partial charge in [-0.3, -0.25) is 48.6 Å². The number of urea groups is 1. The Hall–Kier alpha value is -5.04. The molecule has 25 heteroatoms. The van der Waals surface area contributed by atoms with Crippen LogP contribution in [0.1, 0.15) is 84.5 Å². The number of fused-ring (bicyclic) bond motifs is 1. The van der Waals surface area contributed by atoms with Gasteiger partial charge in [0.05, 0.1) is 25.2 Å². The maximum atomic E-state index is 13.4. The Morgan fingerprint density at radius 3 is 2.15 bits per heavy atom. The van der Waals surface area contributed by atoms with Gasteiger partial charge in [-0.15, -0.1) is 0 Å². The number of hydroxylamine groups is 1. The number of amides is 10. The first-order chi connectivity index (χ1) is 29.4. The first-order valence-electron chi connectivity index (χ1n) is 20.7. The third-order valence-electron chi connectivity index (χ3n) is 9.95. The van der Waals surface area contributed by atoms with E-state index in [1.807, 2.05) is 25.6 Å². The van der Waals surface area contributed by atoms with Crippen molar-refractivity contribution in [2.75, 3.05) is 37.7 Å². The van der Waals surface area contributed by atoms with Gasteiger partial charge >= 0.3 is 6.03 Å². The maximum absolute atomic E-state index is 13.4. The summed E-state index contributed by atoms with van der Waals surface area (Å²) in [7, 11) is 0. The number of thioether (sulfide) groups is 1. The van der Waals surface area contributed by atoms with Crippen molar-refractivity contribution < 1.29 is 48.4 Å². The Balaban J connectivity index is 1.74. The van der Waals surface area contributed by atoms with Gasteiger partial charge < -0.3 is 59.7 Å². The molecule has 62 heavy (non-hydrogen) atoms. The van der Waals surface area contributed by atoms with Crippen LogP contribution in [0.25, 0.3) is 0 Å². The minimum absolute atomic E-state index is 0.00827. The molecule has 350 valence electrons. The molecule has 0 bridgehead atoms. The second kappa shape index (κ2) is 28.5. The third kappa shape index (κ3) is 20.7. The lowest BCUT2D eigenvalue weighted by Crippen LogP contribution is -2.56. The Kier molecular flexibility index (Phi) is 24.4. The van der Waals surface area contributed by atoms with Gasteiger partial charge in [-0.05, 0) is 57.3 Å². The van der Waals surface area contributed by atoms with E-state index in [9.17, 15) is 43.2 Å². The van der Waals surface area contributed by atoms with Crippen molar-refractivity contribution in [2.45, 2.75) is 120 Å². The first-order valence-corrected chi connectivity index (χ1v) is 22.4. The zero-order valence-electron chi connectivity index (χ0n) is 35.3. The molecule has 0 spiro atoms. The highest BCUT2D eigenvalue weighted by Crippen LogP contribution is 2.33. The van der Waals surface area contributed by atoms with Gasteiger partial charge in [-0.2, -0.15) is 24.4 Å². The number of thiol groups is 1. The number of carbonyl (C=O) groups excluding carboxylic acids is 9. The topological polar surface area (TPSA) is 373 Å². The van der Waals surface area contributed by atoms with Crippen molar-refractivity contribution in [3.63, 3.8) is 0 Å². The van der Waals surface area contributed by atoms with Gasteiger partial charge in [-0.25, -0.2) is 10.3 Å². The van der Waals surface area contributed by atoms with Crippen LogP contribution >= 0.6 is 24.4 Å². The summed E-state index contributed by atoms with van der Waals surface area (Å²) in [5.41, 5.74) is 17.7. The average Bonchev–Trinajstić information content (AvgIpc) is 3.78. The number of nitrogens with one attached hydrogen (secondary N) is 9. The Morgan fingerprint density at radius 2 is 1.48 bits per heavy atom. The molecule has 0 aromatic rings. The van der Waals surface area contributed by atoms with E-state index in [0.717, 1.165) is 25.0 Å². The van der Waals surface area contributed by atoms with Crippen LogP contribution in [0, 0.1) is 11.8 Å². The summed E-state index contributed by atoms with van der Waals surface area (Å²) in [6.45, 7) is 3.06. The second-order valence-corrected chi connectivity index (χ2v) is 17.2. The number of hydrogen-bond acceptors (Lipinski definition) is 13. The lowest BCUT2D eigenvalue weighted by Gasteiger charge is -2.25. The quantitative estimate of drug-likeness (QED) is 0.00640. The zero-order valence-corrected chi connectivity index (χ0v) is 37.0. The van der Waals surface area contributed by atoms with Crippen molar-refractivity contribution in [1.29, 1.82) is 0 Å². The molecule has 16 N–H and O–H groups in total. The van der Waals surface area contributed by atoms with E-state index in [0.29, 0.717) is 31.1 Å². The van der Waals surface area contributed by atoms with Crippen LogP contribution in [0.3, 0.4) is 0 Å². The molecule has 10 amide bonds. The largest absolute Gasteiger partial charge is 0.370 e. The van der Waals surface area contributed by atoms with Crippen molar-refractivity contribution >= 4 is 83.6 Å². The molecule has 2 heterocycles. The number of nitrogens with zero attached hydrogens (tertiary/aromatic N) is 1. The summed E-state index contributed by atoms with van der Waals surface area (Å²) in [6.07, 6.45) is 4.29. The van der Waals surface area contributed by atoms with Crippen molar-refractivity contribution in [2.24, 2.45) is 34.0 Å². The number of carbonyl (C=O) groups is 9. The molecule has 0 aliphatic carbocycles. The summed E-state index contributed by atoms with van der Waals surface area (Å²) in [6, 6.07) is -3.30. The SMILES string of the molecule is CC(C)CC(CC(=O)NO)C(=O)N[C@@H](CCCN=C(N)N)C(=O)N[C@@H](CS)C(=O)NCC(=O)NCC(=O)N[C@@H](CCCCNC(=O)CCCC[C@@H]1SC[C@@H]2NC(=O)N[C@@H]21)C(N)=O. The standard InChI is InChI=1S/C37H65N13O10S2/c1-20(2)14-21(15-28(52)50-60)33(56)46-23(9-7-13-42-36(39)40)35(58)47-24(18-61)34(57)44-16-29(53)43-17-30(54)45-22(32(38)55)8-5-6-12-41-27(51)11-4-3-10-26-31-25(19-62-26)48-37(59)49-31/h20-26,31,60-61H,3-19H2,1-2H3,(H2,38,55)(H,41,51)(H,43,53)(H,44,57)(H,45,54)(H,46,56)(H,47,58)(H,50,52)(H4,39,40,42)(H2,48,49,59)/t21?,22-,23-,24-,25-,26-,31-/m0/s1. The van der Waals surface area contributed by atoms with Gasteiger partial charge in [0.1, 0.15) is 18.1 Å². The molecular weight excluding hydrogens is 851 g/mol. The van der Waals surface area contributed by atoms with Gasteiger partial charge in [0.25, 0.3) is 0 Å². The fourth-order valence-electron chi connectivity index (χ4n) is 6.78. The molecule has 0 saturated carbocycles. The van der Waals surface area contributed by atoms with Crippen LogP contribution in [0.4, 0.5) is 4.79 Å². The van der Waals surface area contributed by atoms with E-state index in [1.165, 1.54) is 5.48 Å².